The predicted octanol–water partition coefficient (Wildman–Crippen LogP) is 3.37. The zero-order valence-corrected chi connectivity index (χ0v) is 27.3. The normalized spacial score (nSPS) is 12.6. The zero-order chi connectivity index (χ0) is 27.2. The number of hydrogen-bond acceptors (Lipinski definition) is 8. The Kier molecular flexibility index (Phi) is 14.4. The second kappa shape index (κ2) is 16.6. The van der Waals surface area contributed by atoms with Gasteiger partial charge in [0.25, 0.3) is 0 Å². The van der Waals surface area contributed by atoms with Crippen LogP contribution in [0.4, 0.5) is 0 Å². The molecule has 0 spiro atoms. The number of phosphoric ester groups is 1. The van der Waals surface area contributed by atoms with Crippen molar-refractivity contribution in [3.8, 4) is 0 Å². The molecule has 0 heterocycles. The zero-order valence-electron chi connectivity index (χ0n) is 21.1. The van der Waals surface area contributed by atoms with Crippen LogP contribution in [0.5, 0.6) is 0 Å². The summed E-state index contributed by atoms with van der Waals surface area (Å²) >= 11 is 0.828. The third-order valence-corrected chi connectivity index (χ3v) is 9.77. The summed E-state index contributed by atoms with van der Waals surface area (Å²) in [5.74, 6) is 0.0652. The Morgan fingerprint density at radius 2 is 1.49 bits per heavy atom. The van der Waals surface area contributed by atoms with Gasteiger partial charge in [-0.2, -0.15) is 0 Å². The van der Waals surface area contributed by atoms with Gasteiger partial charge in [0.05, 0.1) is 13.2 Å². The van der Waals surface area contributed by atoms with Gasteiger partial charge in [-0.1, -0.05) is 60.7 Å². The Labute approximate surface area is 236 Å². The van der Waals surface area contributed by atoms with Gasteiger partial charge in [-0.3, -0.25) is 13.6 Å². The van der Waals surface area contributed by atoms with Gasteiger partial charge in [-0.25, -0.2) is 4.57 Å². The molecule has 2 aromatic carbocycles. The van der Waals surface area contributed by atoms with Crippen molar-refractivity contribution >= 4 is 52.2 Å². The molecule has 3 N–H and O–H groups in total. The molecule has 0 aliphatic carbocycles. The third kappa shape index (κ3) is 12.4. The van der Waals surface area contributed by atoms with Gasteiger partial charge >= 0.3 is 135 Å². The molecule has 200 valence electrons. The topological polar surface area (TPSA) is 123 Å². The quantitative estimate of drug-likeness (QED) is 0.128. The molecule has 0 saturated carbocycles. The molecule has 0 saturated heterocycles. The molecule has 0 aromatic heterocycles. The molecule has 12 heteroatoms. The average Bonchev–Trinajstić information content (AvgIpc) is 2.91. The maximum atomic E-state index is 13.5. The number of carbonyl (C=O) groups excluding carboxylic acids is 2. The van der Waals surface area contributed by atoms with Crippen LogP contribution in [-0.4, -0.2) is 72.7 Å². The summed E-state index contributed by atoms with van der Waals surface area (Å²) in [5.41, 5.74) is 0.443. The van der Waals surface area contributed by atoms with Crippen molar-refractivity contribution < 1.29 is 32.8 Å². The van der Waals surface area contributed by atoms with E-state index in [-0.39, 0.29) is 38.7 Å². The van der Waals surface area contributed by atoms with Crippen molar-refractivity contribution in [2.45, 2.75) is 39.6 Å². The van der Waals surface area contributed by atoms with E-state index >= 15 is 0 Å². The van der Waals surface area contributed by atoms with Crippen LogP contribution in [0.1, 0.15) is 31.4 Å². The second-order valence-corrected chi connectivity index (χ2v) is 15.2. The van der Waals surface area contributed by atoms with Crippen molar-refractivity contribution in [2.75, 3.05) is 25.4 Å². The van der Waals surface area contributed by atoms with Gasteiger partial charge in [-0.05, 0) is 11.1 Å². The Morgan fingerprint density at radius 3 is 2.00 bits per heavy atom. The predicted molar refractivity (Wildman–Crippen MR) is 145 cm³/mol. The van der Waals surface area contributed by atoms with Crippen LogP contribution in [0.3, 0.4) is 0 Å². The minimum atomic E-state index is -4.06. The molecule has 0 fully saturated rings. The summed E-state index contributed by atoms with van der Waals surface area (Å²) < 4.78 is 30.3. The van der Waals surface area contributed by atoms with Gasteiger partial charge in [-0.15, -0.1) is 0 Å². The first-order valence-corrected chi connectivity index (χ1v) is 19.8. The van der Waals surface area contributed by atoms with E-state index in [0.717, 1.165) is 41.1 Å². The van der Waals surface area contributed by atoms with E-state index in [4.69, 9.17) is 13.6 Å². The molecule has 9 nitrogen and oxygen atoms in total. The fourth-order valence-electron chi connectivity index (χ4n) is 2.98. The van der Waals surface area contributed by atoms with E-state index in [1.54, 1.807) is 22.2 Å². The summed E-state index contributed by atoms with van der Waals surface area (Å²) in [4.78, 5) is 24.3. The Hall–Kier alpha value is -1.28. The Balaban J connectivity index is 1.93. The minimum absolute atomic E-state index is 0.00227. The van der Waals surface area contributed by atoms with Crippen LogP contribution in [0.2, 0.25) is 0 Å². The first-order chi connectivity index (χ1) is 17.6. The van der Waals surface area contributed by atoms with Crippen LogP contribution in [-0.2, 0) is 40.9 Å². The van der Waals surface area contributed by atoms with E-state index in [9.17, 15) is 19.3 Å². The third-order valence-electron chi connectivity index (χ3n) is 5.24. The summed E-state index contributed by atoms with van der Waals surface area (Å²) in [6, 6.07) is 18.4. The second-order valence-electron chi connectivity index (χ2n) is 8.89. The molecule has 0 radical (unpaired) electrons. The Morgan fingerprint density at radius 1 is 0.946 bits per heavy atom. The van der Waals surface area contributed by atoms with Crippen LogP contribution >= 0.6 is 16.1 Å². The molecular weight excluding hydrogens is 708 g/mol. The molecule has 2 rings (SSSR count). The number of benzene rings is 2. The SMILES string of the molecule is CC(C)(COP(=O)(OCc1ccccc1)OCc1ccccc1)C(O)C(=O)NCCC(=O)NCC[S][Tl]. The van der Waals surface area contributed by atoms with E-state index < -0.39 is 25.2 Å². The standard InChI is InChI=1S/C25H35N2O7PS.Tl/c1-25(2,23(29)24(30)27-14-13-22(28)26-15-16-36)19-34-35(31,32-17-20-9-5-3-6-10-20)33-18-21-11-7-4-8-12-21;/h3-12,23,29,36H,13-19H2,1-2H3,(H,26,28)(H,27,30);/q;+1/p-1. The summed E-state index contributed by atoms with van der Waals surface area (Å²) in [6.07, 6.45) is -1.37. The maximum absolute atomic E-state index is 13.5. The number of aliphatic hydroxyl groups is 1. The van der Waals surface area contributed by atoms with Gasteiger partial charge in [0.2, 0.25) is 0 Å². The van der Waals surface area contributed by atoms with Crippen LogP contribution in [0.15, 0.2) is 60.7 Å². The van der Waals surface area contributed by atoms with Gasteiger partial charge in [0, 0.05) is 0 Å². The molecule has 0 bridgehead atoms. The van der Waals surface area contributed by atoms with E-state index in [1.165, 1.54) is 0 Å². The van der Waals surface area contributed by atoms with Gasteiger partial charge in [0.1, 0.15) is 0 Å². The number of aliphatic hydroxyl groups excluding tert-OH is 1. The van der Waals surface area contributed by atoms with Crippen molar-refractivity contribution in [2.24, 2.45) is 5.41 Å². The van der Waals surface area contributed by atoms with E-state index in [1.807, 2.05) is 60.7 Å². The summed E-state index contributed by atoms with van der Waals surface area (Å²) in [6.45, 7) is 3.62. The monoisotopic (exact) mass is 742 g/mol. The van der Waals surface area contributed by atoms with Gasteiger partial charge in [0.15, 0.2) is 0 Å². The molecule has 2 aromatic rings. The number of phosphoric acid groups is 1. The first kappa shape index (κ1) is 31.9. The molecular formula is C25H34N2O7PSTl. The molecule has 0 aliphatic rings. The summed E-state index contributed by atoms with van der Waals surface area (Å²) in [5, 5.41) is 16.0. The summed E-state index contributed by atoms with van der Waals surface area (Å²) in [7, 11) is -2.27. The molecule has 2 amide bonds. The molecule has 1 unspecified atom stereocenters. The molecule has 1 atom stereocenters. The fraction of sp³-hybridized carbons (Fsp3) is 0.440. The Bertz CT molecular complexity index is 967. The van der Waals surface area contributed by atoms with Crippen molar-refractivity contribution in [3.05, 3.63) is 71.8 Å². The molecule has 37 heavy (non-hydrogen) atoms. The number of hydrogen-bond donors (Lipinski definition) is 3. The number of carbonyl (C=O) groups is 2. The van der Waals surface area contributed by atoms with Crippen molar-refractivity contribution in [1.82, 2.24) is 10.6 Å². The van der Waals surface area contributed by atoms with Gasteiger partial charge < -0.3 is 0 Å². The van der Waals surface area contributed by atoms with Crippen LogP contribution in [0.25, 0.3) is 0 Å². The van der Waals surface area contributed by atoms with E-state index in [2.05, 4.69) is 10.6 Å². The number of nitrogens with one attached hydrogen (secondary N) is 2. The average molecular weight is 742 g/mol. The number of rotatable bonds is 17. The number of amides is 2. The fourth-order valence-corrected chi connectivity index (χ4v) is 5.90. The van der Waals surface area contributed by atoms with Crippen molar-refractivity contribution in [1.29, 1.82) is 0 Å². The van der Waals surface area contributed by atoms with Crippen LogP contribution in [0, 0.1) is 5.41 Å². The van der Waals surface area contributed by atoms with Crippen LogP contribution < -0.4 is 10.6 Å². The van der Waals surface area contributed by atoms with Crippen molar-refractivity contribution in [3.63, 3.8) is 0 Å². The first-order valence-electron chi connectivity index (χ1n) is 11.8. The molecule has 0 aliphatic heterocycles. The van der Waals surface area contributed by atoms with E-state index in [0.29, 0.717) is 6.54 Å².